The molecule has 0 atom stereocenters. The van der Waals surface area contributed by atoms with Crippen LogP contribution < -0.4 is 0 Å². The van der Waals surface area contributed by atoms with Gasteiger partial charge in [0.15, 0.2) is 0 Å². The van der Waals surface area contributed by atoms with Crippen molar-refractivity contribution in [3.63, 3.8) is 0 Å². The molecule has 1 N–H and O–H groups in total. The Bertz CT molecular complexity index is 754. The van der Waals surface area contributed by atoms with Crippen LogP contribution in [0.3, 0.4) is 0 Å². The number of allylic oxidation sites excluding steroid dienone is 1. The van der Waals surface area contributed by atoms with Gasteiger partial charge in [-0.1, -0.05) is 57.9 Å². The summed E-state index contributed by atoms with van der Waals surface area (Å²) in [5, 5.41) is 10.7. The first-order valence-electron chi connectivity index (χ1n) is 9.94. The summed E-state index contributed by atoms with van der Waals surface area (Å²) in [6, 6.07) is 4.41. The molecule has 0 radical (unpaired) electrons. The van der Waals surface area contributed by atoms with Crippen molar-refractivity contribution < 1.29 is 9.90 Å². The average molecular weight is 386 g/mol. The van der Waals surface area contributed by atoms with Gasteiger partial charge in [0.25, 0.3) is 5.91 Å². The Morgan fingerprint density at radius 3 is 2.59 bits per heavy atom. The molecule has 27 heavy (non-hydrogen) atoms. The van der Waals surface area contributed by atoms with Crippen LogP contribution >= 0.6 is 11.8 Å². The highest BCUT2D eigenvalue weighted by Gasteiger charge is 2.33. The van der Waals surface area contributed by atoms with E-state index in [9.17, 15) is 9.90 Å². The highest BCUT2D eigenvalue weighted by Crippen LogP contribution is 2.38. The van der Waals surface area contributed by atoms with Gasteiger partial charge in [-0.05, 0) is 54.0 Å². The summed E-state index contributed by atoms with van der Waals surface area (Å²) >= 11 is 1.64. The van der Waals surface area contributed by atoms with Gasteiger partial charge in [-0.3, -0.25) is 4.79 Å². The van der Waals surface area contributed by atoms with Gasteiger partial charge in [0.05, 0.1) is 10.8 Å². The van der Waals surface area contributed by atoms with Crippen molar-refractivity contribution in [1.82, 2.24) is 4.90 Å². The summed E-state index contributed by atoms with van der Waals surface area (Å²) in [6.45, 7) is 10.1. The molecule has 1 saturated heterocycles. The SMILES string of the molecule is C=CCc1cc(C=C2SCN(C3CCCCC3)C2=O)cc(C(C)(C)C)c1O. The molecular weight excluding hydrogens is 354 g/mol. The van der Waals surface area contributed by atoms with E-state index in [1.165, 1.54) is 19.3 Å². The Hall–Kier alpha value is -1.68. The molecule has 1 aliphatic heterocycles. The lowest BCUT2D eigenvalue weighted by molar-refractivity contribution is -0.127. The molecule has 2 aliphatic rings. The van der Waals surface area contributed by atoms with Gasteiger partial charge >= 0.3 is 0 Å². The van der Waals surface area contributed by atoms with Crippen LogP contribution in [0.25, 0.3) is 6.08 Å². The number of amides is 1. The first-order valence-corrected chi connectivity index (χ1v) is 10.9. The van der Waals surface area contributed by atoms with Gasteiger partial charge in [0.2, 0.25) is 0 Å². The number of hydrogen-bond donors (Lipinski definition) is 1. The van der Waals surface area contributed by atoms with Crippen LogP contribution in [0, 0.1) is 0 Å². The van der Waals surface area contributed by atoms with E-state index >= 15 is 0 Å². The molecule has 146 valence electrons. The van der Waals surface area contributed by atoms with Crippen molar-refractivity contribution in [2.75, 3.05) is 5.88 Å². The van der Waals surface area contributed by atoms with E-state index in [0.717, 1.165) is 40.3 Å². The monoisotopic (exact) mass is 385 g/mol. The molecule has 1 saturated carbocycles. The van der Waals surface area contributed by atoms with Gasteiger partial charge in [-0.25, -0.2) is 0 Å². The van der Waals surface area contributed by atoms with Gasteiger partial charge in [-0.15, -0.1) is 6.58 Å². The fourth-order valence-electron chi connectivity index (χ4n) is 4.01. The molecule has 1 aliphatic carbocycles. The molecule has 1 heterocycles. The van der Waals surface area contributed by atoms with E-state index < -0.39 is 0 Å². The molecule has 1 aromatic rings. The number of carbonyl (C=O) groups excluding carboxylic acids is 1. The van der Waals surface area contributed by atoms with Crippen LogP contribution in [0.5, 0.6) is 5.75 Å². The third-order valence-electron chi connectivity index (χ3n) is 5.53. The van der Waals surface area contributed by atoms with E-state index in [-0.39, 0.29) is 11.3 Å². The molecule has 4 heteroatoms. The molecule has 1 amide bonds. The van der Waals surface area contributed by atoms with Gasteiger partial charge in [-0.2, -0.15) is 0 Å². The van der Waals surface area contributed by atoms with Crippen molar-refractivity contribution in [3.8, 4) is 5.75 Å². The maximum absolute atomic E-state index is 12.9. The molecule has 3 nitrogen and oxygen atoms in total. The number of nitrogens with zero attached hydrogens (tertiary/aromatic N) is 1. The average Bonchev–Trinajstić information content (AvgIpc) is 2.98. The highest BCUT2D eigenvalue weighted by molar-refractivity contribution is 8.04. The van der Waals surface area contributed by atoms with Crippen molar-refractivity contribution in [2.45, 2.75) is 70.8 Å². The van der Waals surface area contributed by atoms with Crippen molar-refractivity contribution >= 4 is 23.7 Å². The molecule has 0 spiro atoms. The molecule has 0 unspecified atom stereocenters. The van der Waals surface area contributed by atoms with Crippen LogP contribution in [0.4, 0.5) is 0 Å². The number of thioether (sulfide) groups is 1. The second kappa shape index (κ2) is 8.14. The summed E-state index contributed by atoms with van der Waals surface area (Å²) in [4.78, 5) is 15.8. The summed E-state index contributed by atoms with van der Waals surface area (Å²) in [7, 11) is 0. The molecule has 0 aromatic heterocycles. The zero-order valence-corrected chi connectivity index (χ0v) is 17.6. The molecular formula is C23H31NO2S. The Morgan fingerprint density at radius 2 is 1.96 bits per heavy atom. The maximum Gasteiger partial charge on any atom is 0.261 e. The normalized spacial score (nSPS) is 20.5. The number of aromatic hydroxyl groups is 1. The highest BCUT2D eigenvalue weighted by atomic mass is 32.2. The van der Waals surface area contributed by atoms with E-state index in [4.69, 9.17) is 0 Å². The zero-order valence-electron chi connectivity index (χ0n) is 16.8. The van der Waals surface area contributed by atoms with E-state index in [0.29, 0.717) is 18.2 Å². The number of phenols is 1. The number of carbonyl (C=O) groups is 1. The Morgan fingerprint density at radius 1 is 1.26 bits per heavy atom. The van der Waals surface area contributed by atoms with Crippen LogP contribution in [0.1, 0.15) is 69.6 Å². The summed E-state index contributed by atoms with van der Waals surface area (Å²) < 4.78 is 0. The lowest BCUT2D eigenvalue weighted by Gasteiger charge is -2.30. The standard InChI is InChI=1S/C23H31NO2S/c1-5-9-17-12-16(13-19(21(17)25)23(2,3)4)14-20-22(26)24(15-27-20)18-10-7-6-8-11-18/h5,12-14,18,25H,1,6-11,15H2,2-4H3. The summed E-state index contributed by atoms with van der Waals surface area (Å²) in [5.74, 6) is 1.28. The lowest BCUT2D eigenvalue weighted by Crippen LogP contribution is -2.37. The smallest absolute Gasteiger partial charge is 0.261 e. The van der Waals surface area contributed by atoms with E-state index in [1.807, 2.05) is 18.2 Å². The topological polar surface area (TPSA) is 40.5 Å². The Kier molecular flexibility index (Phi) is 6.05. The predicted molar refractivity (Wildman–Crippen MR) is 115 cm³/mol. The Labute approximate surface area is 167 Å². The minimum Gasteiger partial charge on any atom is -0.507 e. The van der Waals surface area contributed by atoms with Crippen LogP contribution in [-0.4, -0.2) is 27.8 Å². The van der Waals surface area contributed by atoms with Crippen molar-refractivity contribution in [2.24, 2.45) is 0 Å². The van der Waals surface area contributed by atoms with Crippen LogP contribution in [0.2, 0.25) is 0 Å². The lowest BCUT2D eigenvalue weighted by atomic mass is 9.83. The fourth-order valence-corrected chi connectivity index (χ4v) is 5.07. The van der Waals surface area contributed by atoms with Gasteiger partial charge in [0.1, 0.15) is 5.75 Å². The predicted octanol–water partition coefficient (Wildman–Crippen LogP) is 5.62. The molecule has 1 aromatic carbocycles. The number of benzene rings is 1. The fraction of sp³-hybridized carbons (Fsp3) is 0.522. The number of rotatable bonds is 4. The number of phenolic OH excluding ortho intramolecular Hbond substituents is 1. The Balaban J connectivity index is 1.91. The zero-order chi connectivity index (χ0) is 19.6. The maximum atomic E-state index is 12.9. The number of hydrogen-bond acceptors (Lipinski definition) is 3. The first-order chi connectivity index (χ1) is 12.8. The molecule has 2 fully saturated rings. The minimum absolute atomic E-state index is 0.169. The van der Waals surface area contributed by atoms with Crippen LogP contribution in [0.15, 0.2) is 29.7 Å². The summed E-state index contributed by atoms with van der Waals surface area (Å²) in [6.07, 6.45) is 10.4. The largest absolute Gasteiger partial charge is 0.507 e. The van der Waals surface area contributed by atoms with Gasteiger partial charge < -0.3 is 10.0 Å². The molecule has 0 bridgehead atoms. The molecule has 3 rings (SSSR count). The summed E-state index contributed by atoms with van der Waals surface area (Å²) in [5.41, 5.74) is 2.59. The van der Waals surface area contributed by atoms with E-state index in [1.54, 1.807) is 17.8 Å². The second-order valence-corrected chi connectivity index (χ2v) is 9.65. The first kappa shape index (κ1) is 20.1. The second-order valence-electron chi connectivity index (χ2n) is 8.67. The van der Waals surface area contributed by atoms with Crippen molar-refractivity contribution in [1.29, 1.82) is 0 Å². The third-order valence-corrected chi connectivity index (χ3v) is 6.54. The van der Waals surface area contributed by atoms with Crippen molar-refractivity contribution in [3.05, 3.63) is 46.4 Å². The minimum atomic E-state index is -0.171. The van der Waals surface area contributed by atoms with E-state index in [2.05, 4.69) is 32.3 Å². The van der Waals surface area contributed by atoms with Gasteiger partial charge in [0, 0.05) is 11.6 Å². The third kappa shape index (κ3) is 4.43. The quantitative estimate of drug-likeness (QED) is 0.540. The van der Waals surface area contributed by atoms with Crippen LogP contribution in [-0.2, 0) is 16.6 Å².